The minimum atomic E-state index is -0.143. The molecule has 9 aromatic carbocycles. The maximum atomic E-state index is 2.44. The predicted octanol–water partition coefficient (Wildman–Crippen LogP) is 17.3. The molecule has 1 heterocycles. The maximum Gasteiger partial charge on any atom is 0.0541 e. The summed E-state index contributed by atoms with van der Waals surface area (Å²) in [7, 11) is 0. The minimum absolute atomic E-state index is 0.0796. The number of hydrogen-bond donors (Lipinski definition) is 0. The standard InChI is InChI=1S/C62H53N3/c1-42-25-30-48(31-26-42)63(46-17-9-7-10-18-46)51-37-44(43-27-36-60-56(39-43)55-22-14-16-24-59(55)65(60)49-32-28-45(29-33-49)61(2,3)4)38-52(40-51)64(47-19-11-8-12-20-47)50-34-35-54-53-21-13-15-23-57(53)62(5,6)58(54)41-50/h7-41H,1-6H3. The van der Waals surface area contributed by atoms with E-state index in [1.54, 1.807) is 0 Å². The van der Waals surface area contributed by atoms with Gasteiger partial charge in [0, 0.05) is 56.0 Å². The van der Waals surface area contributed by atoms with Gasteiger partial charge in [-0.1, -0.05) is 155 Å². The van der Waals surface area contributed by atoms with Gasteiger partial charge in [0.2, 0.25) is 0 Å². The lowest BCUT2D eigenvalue weighted by Crippen LogP contribution is -2.17. The van der Waals surface area contributed by atoms with Gasteiger partial charge in [-0.2, -0.15) is 0 Å². The van der Waals surface area contributed by atoms with Crippen LogP contribution in [0.4, 0.5) is 34.1 Å². The summed E-state index contributed by atoms with van der Waals surface area (Å²) in [6.45, 7) is 13.7. The number of anilines is 6. The molecule has 0 amide bonds. The molecular weight excluding hydrogens is 787 g/mol. The Morgan fingerprint density at radius 1 is 0.400 bits per heavy atom. The summed E-state index contributed by atoms with van der Waals surface area (Å²) in [6.07, 6.45) is 0. The Kier molecular flexibility index (Phi) is 9.62. The smallest absolute Gasteiger partial charge is 0.0541 e. The molecule has 0 saturated heterocycles. The quantitative estimate of drug-likeness (QED) is 0.151. The summed E-state index contributed by atoms with van der Waals surface area (Å²) in [5.41, 5.74) is 20.2. The van der Waals surface area contributed by atoms with Gasteiger partial charge in [0.1, 0.15) is 0 Å². The average Bonchev–Trinajstić information content (AvgIpc) is 3.78. The lowest BCUT2D eigenvalue weighted by molar-refractivity contribution is 0.590. The molecule has 3 nitrogen and oxygen atoms in total. The molecule has 0 radical (unpaired) electrons. The predicted molar refractivity (Wildman–Crippen MR) is 277 cm³/mol. The van der Waals surface area contributed by atoms with Gasteiger partial charge in [0.25, 0.3) is 0 Å². The second-order valence-electron chi connectivity index (χ2n) is 19.2. The fraction of sp³-hybridized carbons (Fsp3) is 0.129. The summed E-state index contributed by atoms with van der Waals surface area (Å²) >= 11 is 0. The number of aryl methyl sites for hydroxylation is 1. The second-order valence-corrected chi connectivity index (χ2v) is 19.2. The number of nitrogens with zero attached hydrogens (tertiary/aromatic N) is 3. The molecule has 316 valence electrons. The number of para-hydroxylation sites is 3. The monoisotopic (exact) mass is 839 g/mol. The van der Waals surface area contributed by atoms with E-state index in [1.165, 1.54) is 55.2 Å². The highest BCUT2D eigenvalue weighted by molar-refractivity contribution is 6.10. The van der Waals surface area contributed by atoms with Crippen molar-refractivity contribution >= 4 is 55.9 Å². The van der Waals surface area contributed by atoms with Gasteiger partial charge in [-0.3, -0.25) is 0 Å². The highest BCUT2D eigenvalue weighted by Crippen LogP contribution is 2.51. The maximum absolute atomic E-state index is 2.44. The summed E-state index contributed by atoms with van der Waals surface area (Å²) in [5.74, 6) is 0. The van der Waals surface area contributed by atoms with Crippen molar-refractivity contribution in [2.45, 2.75) is 52.4 Å². The molecule has 0 aliphatic heterocycles. The van der Waals surface area contributed by atoms with Gasteiger partial charge in [0.15, 0.2) is 0 Å². The topological polar surface area (TPSA) is 11.4 Å². The molecule has 0 fully saturated rings. The molecule has 1 aliphatic carbocycles. The lowest BCUT2D eigenvalue weighted by Gasteiger charge is -2.31. The van der Waals surface area contributed by atoms with Gasteiger partial charge in [-0.15, -0.1) is 0 Å². The van der Waals surface area contributed by atoms with Crippen LogP contribution in [-0.4, -0.2) is 4.57 Å². The van der Waals surface area contributed by atoms with E-state index < -0.39 is 0 Å². The Morgan fingerprint density at radius 3 is 1.63 bits per heavy atom. The molecular formula is C62H53N3. The molecule has 1 aliphatic rings. The van der Waals surface area contributed by atoms with Crippen LogP contribution >= 0.6 is 0 Å². The van der Waals surface area contributed by atoms with Crippen LogP contribution in [0.15, 0.2) is 212 Å². The third-order valence-electron chi connectivity index (χ3n) is 13.6. The zero-order chi connectivity index (χ0) is 44.5. The van der Waals surface area contributed by atoms with Gasteiger partial charge in [-0.05, 0) is 148 Å². The number of rotatable bonds is 8. The van der Waals surface area contributed by atoms with Crippen LogP contribution in [0.5, 0.6) is 0 Å². The van der Waals surface area contributed by atoms with Crippen LogP contribution in [0.3, 0.4) is 0 Å². The lowest BCUT2D eigenvalue weighted by atomic mass is 9.82. The molecule has 10 aromatic rings. The van der Waals surface area contributed by atoms with E-state index >= 15 is 0 Å². The van der Waals surface area contributed by atoms with Crippen LogP contribution in [0, 0.1) is 6.92 Å². The molecule has 3 heteroatoms. The van der Waals surface area contributed by atoms with Gasteiger partial charge < -0.3 is 14.4 Å². The summed E-state index contributed by atoms with van der Waals surface area (Å²) in [6, 6.07) is 78.5. The van der Waals surface area contributed by atoms with Gasteiger partial charge >= 0.3 is 0 Å². The Bertz CT molecular complexity index is 3370. The highest BCUT2D eigenvalue weighted by Gasteiger charge is 2.36. The second kappa shape index (κ2) is 15.6. The first-order valence-corrected chi connectivity index (χ1v) is 22.8. The molecule has 0 saturated carbocycles. The third-order valence-corrected chi connectivity index (χ3v) is 13.6. The van der Waals surface area contributed by atoms with Crippen molar-refractivity contribution in [2.75, 3.05) is 9.80 Å². The van der Waals surface area contributed by atoms with E-state index in [0.717, 1.165) is 50.9 Å². The zero-order valence-corrected chi connectivity index (χ0v) is 38.0. The van der Waals surface area contributed by atoms with E-state index in [4.69, 9.17) is 0 Å². The van der Waals surface area contributed by atoms with Crippen LogP contribution in [0.1, 0.15) is 56.9 Å². The van der Waals surface area contributed by atoms with Crippen LogP contribution in [0.2, 0.25) is 0 Å². The van der Waals surface area contributed by atoms with Crippen molar-refractivity contribution in [1.82, 2.24) is 4.57 Å². The van der Waals surface area contributed by atoms with Gasteiger partial charge in [0.05, 0.1) is 11.0 Å². The molecule has 0 atom stereocenters. The number of fused-ring (bicyclic) bond motifs is 6. The Morgan fingerprint density at radius 2 is 0.954 bits per heavy atom. The fourth-order valence-electron chi connectivity index (χ4n) is 10.1. The van der Waals surface area contributed by atoms with E-state index in [-0.39, 0.29) is 10.8 Å². The highest BCUT2D eigenvalue weighted by atomic mass is 15.2. The summed E-state index contributed by atoms with van der Waals surface area (Å²) in [4.78, 5) is 4.83. The zero-order valence-electron chi connectivity index (χ0n) is 38.0. The molecule has 0 bridgehead atoms. The fourth-order valence-corrected chi connectivity index (χ4v) is 10.1. The van der Waals surface area contributed by atoms with Crippen molar-refractivity contribution < 1.29 is 0 Å². The number of aromatic nitrogens is 1. The molecule has 0 unspecified atom stereocenters. The number of benzene rings is 9. The van der Waals surface area contributed by atoms with Crippen molar-refractivity contribution in [1.29, 1.82) is 0 Å². The van der Waals surface area contributed by atoms with Crippen molar-refractivity contribution in [3.05, 3.63) is 235 Å². The van der Waals surface area contributed by atoms with Crippen molar-refractivity contribution in [2.24, 2.45) is 0 Å². The Balaban J connectivity index is 1.15. The van der Waals surface area contributed by atoms with Crippen molar-refractivity contribution in [3.63, 3.8) is 0 Å². The van der Waals surface area contributed by atoms with Crippen LogP contribution in [0.25, 0.3) is 49.7 Å². The summed E-state index contributed by atoms with van der Waals surface area (Å²) < 4.78 is 2.42. The van der Waals surface area contributed by atoms with Crippen LogP contribution < -0.4 is 9.80 Å². The van der Waals surface area contributed by atoms with E-state index in [9.17, 15) is 0 Å². The Hall–Kier alpha value is -7.62. The van der Waals surface area contributed by atoms with E-state index in [0.29, 0.717) is 0 Å². The number of hydrogen-bond acceptors (Lipinski definition) is 2. The van der Waals surface area contributed by atoms with Gasteiger partial charge in [-0.25, -0.2) is 0 Å². The first kappa shape index (κ1) is 40.2. The van der Waals surface area contributed by atoms with E-state index in [1.807, 2.05) is 0 Å². The summed E-state index contributed by atoms with van der Waals surface area (Å²) in [5, 5.41) is 2.46. The Labute approximate surface area is 383 Å². The largest absolute Gasteiger partial charge is 0.310 e. The minimum Gasteiger partial charge on any atom is -0.310 e. The SMILES string of the molecule is Cc1ccc(N(c2ccccc2)c2cc(-c3ccc4c(c3)c3ccccc3n4-c3ccc(C(C)(C)C)cc3)cc(N(c3ccccc3)c3ccc4c(c3)C(C)(C)c3ccccc3-4)c2)cc1. The average molecular weight is 840 g/mol. The normalized spacial score (nSPS) is 12.9. The van der Waals surface area contributed by atoms with Crippen molar-refractivity contribution in [3.8, 4) is 27.9 Å². The molecule has 65 heavy (non-hydrogen) atoms. The molecule has 11 rings (SSSR count). The first-order chi connectivity index (χ1) is 31.5. The molecule has 0 spiro atoms. The molecule has 1 aromatic heterocycles. The third kappa shape index (κ3) is 7.00. The van der Waals surface area contributed by atoms with E-state index in [2.05, 4.69) is 268 Å². The first-order valence-electron chi connectivity index (χ1n) is 22.8. The van der Waals surface area contributed by atoms with Crippen LogP contribution in [-0.2, 0) is 10.8 Å². The molecule has 0 N–H and O–H groups in total.